The van der Waals surface area contributed by atoms with Crippen molar-refractivity contribution < 1.29 is 4.79 Å². The molecule has 0 aromatic heterocycles. The summed E-state index contributed by atoms with van der Waals surface area (Å²) >= 11 is 3.40. The van der Waals surface area contributed by atoms with Crippen LogP contribution in [0.3, 0.4) is 0 Å². The summed E-state index contributed by atoms with van der Waals surface area (Å²) in [6.45, 7) is 8.15. The third-order valence-electron chi connectivity index (χ3n) is 3.55. The Labute approximate surface area is 130 Å². The molecule has 0 aliphatic rings. The summed E-state index contributed by atoms with van der Waals surface area (Å²) in [6, 6.07) is 6.36. The summed E-state index contributed by atoms with van der Waals surface area (Å²) in [4.78, 5) is 14.4. The Morgan fingerprint density at radius 3 is 2.70 bits per heavy atom. The summed E-state index contributed by atoms with van der Waals surface area (Å²) in [7, 11) is 2.13. The van der Waals surface area contributed by atoms with Crippen molar-refractivity contribution in [3.05, 3.63) is 33.8 Å². The van der Waals surface area contributed by atoms with Gasteiger partial charge < -0.3 is 10.2 Å². The predicted molar refractivity (Wildman–Crippen MR) is 88.2 cm³/mol. The van der Waals surface area contributed by atoms with E-state index >= 15 is 0 Å². The molecule has 112 valence electrons. The molecule has 1 rings (SSSR count). The van der Waals surface area contributed by atoms with Crippen LogP contribution in [0, 0.1) is 6.92 Å². The molecule has 0 atom stereocenters. The zero-order valence-electron chi connectivity index (χ0n) is 12.9. The van der Waals surface area contributed by atoms with Crippen molar-refractivity contribution in [2.24, 2.45) is 0 Å². The third kappa shape index (κ3) is 5.63. The van der Waals surface area contributed by atoms with E-state index in [-0.39, 0.29) is 5.91 Å². The average Bonchev–Trinajstić information content (AvgIpc) is 2.40. The second-order valence-corrected chi connectivity index (χ2v) is 6.41. The van der Waals surface area contributed by atoms with Gasteiger partial charge in [0.05, 0.1) is 0 Å². The molecule has 0 fully saturated rings. The number of rotatable bonds is 7. The second-order valence-electron chi connectivity index (χ2n) is 5.50. The molecule has 0 aliphatic carbocycles. The maximum atomic E-state index is 12.1. The van der Waals surface area contributed by atoms with E-state index < -0.39 is 0 Å². The van der Waals surface area contributed by atoms with Crippen molar-refractivity contribution in [2.75, 3.05) is 20.1 Å². The minimum atomic E-state index is 0.0148. The number of hydrogen-bond donors (Lipinski definition) is 1. The number of nitrogens with zero attached hydrogens (tertiary/aromatic N) is 1. The van der Waals surface area contributed by atoms with Crippen LogP contribution >= 0.6 is 15.9 Å². The Morgan fingerprint density at radius 1 is 1.35 bits per heavy atom. The normalized spacial score (nSPS) is 11.2. The van der Waals surface area contributed by atoms with E-state index in [1.807, 2.05) is 25.1 Å². The number of aryl methyl sites for hydroxylation is 1. The highest BCUT2D eigenvalue weighted by molar-refractivity contribution is 9.10. The Hall–Kier alpha value is -0.870. The smallest absolute Gasteiger partial charge is 0.251 e. The molecule has 0 unspecified atom stereocenters. The molecule has 3 nitrogen and oxygen atoms in total. The van der Waals surface area contributed by atoms with Gasteiger partial charge in [-0.05, 0) is 64.9 Å². The van der Waals surface area contributed by atoms with Gasteiger partial charge in [-0.2, -0.15) is 0 Å². The van der Waals surface area contributed by atoms with Crippen LogP contribution in [-0.4, -0.2) is 37.0 Å². The van der Waals surface area contributed by atoms with Crippen molar-refractivity contribution in [1.82, 2.24) is 10.2 Å². The fourth-order valence-corrected chi connectivity index (χ4v) is 2.24. The van der Waals surface area contributed by atoms with Crippen LogP contribution in [0.1, 0.15) is 42.6 Å². The highest BCUT2D eigenvalue weighted by Gasteiger charge is 2.09. The third-order valence-corrected chi connectivity index (χ3v) is 4.04. The molecule has 1 amide bonds. The van der Waals surface area contributed by atoms with Gasteiger partial charge in [-0.25, -0.2) is 0 Å². The highest BCUT2D eigenvalue weighted by atomic mass is 79.9. The molecule has 1 aromatic carbocycles. The summed E-state index contributed by atoms with van der Waals surface area (Å²) < 4.78 is 0.937. The first kappa shape index (κ1) is 17.2. The molecular weight excluding hydrogens is 316 g/mol. The van der Waals surface area contributed by atoms with Crippen molar-refractivity contribution in [2.45, 2.75) is 39.7 Å². The molecule has 1 aromatic rings. The van der Waals surface area contributed by atoms with Gasteiger partial charge >= 0.3 is 0 Å². The van der Waals surface area contributed by atoms with Crippen LogP contribution in [0.5, 0.6) is 0 Å². The lowest BCUT2D eigenvalue weighted by Crippen LogP contribution is -2.29. The van der Waals surface area contributed by atoms with E-state index in [4.69, 9.17) is 0 Å². The second kappa shape index (κ2) is 8.42. The zero-order chi connectivity index (χ0) is 15.1. The number of hydrogen-bond acceptors (Lipinski definition) is 2. The number of unbranched alkanes of at least 4 members (excludes halogenated alkanes) is 1. The van der Waals surface area contributed by atoms with Crippen molar-refractivity contribution >= 4 is 21.8 Å². The topological polar surface area (TPSA) is 32.3 Å². The number of amides is 1. The van der Waals surface area contributed by atoms with Crippen molar-refractivity contribution in [1.29, 1.82) is 0 Å². The molecule has 1 N–H and O–H groups in total. The van der Waals surface area contributed by atoms with E-state index in [0.29, 0.717) is 6.04 Å². The standard InChI is InChI=1S/C16H25BrN2O/c1-12(2)19(4)10-6-5-9-18-16(20)15-11-14(17)8-7-13(15)3/h7-8,11-12H,5-6,9-10H2,1-4H3,(H,18,20). The van der Waals surface area contributed by atoms with E-state index in [1.165, 1.54) is 0 Å². The minimum Gasteiger partial charge on any atom is -0.352 e. The van der Waals surface area contributed by atoms with E-state index in [0.717, 1.165) is 41.5 Å². The number of benzene rings is 1. The molecule has 0 saturated heterocycles. The van der Waals surface area contributed by atoms with Crippen molar-refractivity contribution in [3.8, 4) is 0 Å². The van der Waals surface area contributed by atoms with Crippen LogP contribution in [0.25, 0.3) is 0 Å². The average molecular weight is 341 g/mol. The number of halogens is 1. The summed E-state index contributed by atoms with van der Waals surface area (Å²) in [5, 5.41) is 2.99. The molecule has 0 bridgehead atoms. The van der Waals surface area contributed by atoms with Crippen LogP contribution < -0.4 is 5.32 Å². The maximum absolute atomic E-state index is 12.1. The lowest BCUT2D eigenvalue weighted by atomic mass is 10.1. The maximum Gasteiger partial charge on any atom is 0.251 e. The lowest BCUT2D eigenvalue weighted by molar-refractivity contribution is 0.0952. The SMILES string of the molecule is Cc1ccc(Br)cc1C(=O)NCCCCN(C)C(C)C. The van der Waals surface area contributed by atoms with Gasteiger partial charge in [0.2, 0.25) is 0 Å². The molecule has 0 radical (unpaired) electrons. The molecular formula is C16H25BrN2O. The number of carbonyl (C=O) groups excluding carboxylic acids is 1. The number of carbonyl (C=O) groups is 1. The summed E-state index contributed by atoms with van der Waals surface area (Å²) in [6.07, 6.45) is 2.11. The minimum absolute atomic E-state index is 0.0148. The van der Waals surface area contributed by atoms with E-state index in [1.54, 1.807) is 0 Å². The molecule has 0 aliphatic heterocycles. The molecule has 20 heavy (non-hydrogen) atoms. The van der Waals surface area contributed by atoms with Crippen LogP contribution in [0.15, 0.2) is 22.7 Å². The fourth-order valence-electron chi connectivity index (χ4n) is 1.88. The van der Waals surface area contributed by atoms with Gasteiger partial charge in [0.25, 0.3) is 5.91 Å². The van der Waals surface area contributed by atoms with Gasteiger partial charge in [0.15, 0.2) is 0 Å². The predicted octanol–water partition coefficient (Wildman–Crippen LogP) is 3.61. The van der Waals surface area contributed by atoms with Crippen LogP contribution in [0.2, 0.25) is 0 Å². The quantitative estimate of drug-likeness (QED) is 0.769. The molecule has 0 heterocycles. The van der Waals surface area contributed by atoms with Crippen molar-refractivity contribution in [3.63, 3.8) is 0 Å². The zero-order valence-corrected chi connectivity index (χ0v) is 14.5. The monoisotopic (exact) mass is 340 g/mol. The van der Waals surface area contributed by atoms with Gasteiger partial charge in [-0.3, -0.25) is 4.79 Å². The fraction of sp³-hybridized carbons (Fsp3) is 0.562. The Bertz CT molecular complexity index is 446. The lowest BCUT2D eigenvalue weighted by Gasteiger charge is -2.20. The first-order chi connectivity index (χ1) is 9.41. The van der Waals surface area contributed by atoms with Gasteiger partial charge in [-0.15, -0.1) is 0 Å². The molecule has 0 spiro atoms. The first-order valence-electron chi connectivity index (χ1n) is 7.16. The highest BCUT2D eigenvalue weighted by Crippen LogP contribution is 2.15. The van der Waals surface area contributed by atoms with Gasteiger partial charge in [-0.1, -0.05) is 22.0 Å². The Morgan fingerprint density at radius 2 is 2.05 bits per heavy atom. The Balaban J connectivity index is 2.32. The molecule has 4 heteroatoms. The van der Waals surface area contributed by atoms with Crippen LogP contribution in [0.4, 0.5) is 0 Å². The summed E-state index contributed by atoms with van der Waals surface area (Å²) in [5.41, 5.74) is 1.75. The van der Waals surface area contributed by atoms with Crippen LogP contribution in [-0.2, 0) is 0 Å². The number of nitrogens with one attached hydrogen (secondary N) is 1. The van der Waals surface area contributed by atoms with Gasteiger partial charge in [0, 0.05) is 22.6 Å². The summed E-state index contributed by atoms with van der Waals surface area (Å²) in [5.74, 6) is 0.0148. The van der Waals surface area contributed by atoms with Gasteiger partial charge in [0.1, 0.15) is 0 Å². The van der Waals surface area contributed by atoms with E-state index in [9.17, 15) is 4.79 Å². The van der Waals surface area contributed by atoms with E-state index in [2.05, 4.69) is 47.0 Å². The largest absolute Gasteiger partial charge is 0.352 e. The first-order valence-corrected chi connectivity index (χ1v) is 7.95. The molecule has 0 saturated carbocycles. The Kier molecular flexibility index (Phi) is 7.24.